The zero-order valence-electron chi connectivity index (χ0n) is 17.1. The average molecular weight is 424 g/mol. The van der Waals surface area contributed by atoms with Gasteiger partial charge in [0.05, 0.1) is 16.8 Å². The molecule has 0 bridgehead atoms. The van der Waals surface area contributed by atoms with E-state index in [2.05, 4.69) is 10.3 Å². The van der Waals surface area contributed by atoms with E-state index in [0.717, 1.165) is 56.7 Å². The number of benzene rings is 2. The number of nitrogens with one attached hydrogen (secondary N) is 1. The van der Waals surface area contributed by atoms with Crippen molar-refractivity contribution < 1.29 is 18.0 Å². The number of halogens is 3. The third-order valence-corrected chi connectivity index (χ3v) is 6.30. The van der Waals surface area contributed by atoms with Crippen LogP contribution in [0.4, 0.5) is 18.9 Å². The quantitative estimate of drug-likeness (QED) is 0.466. The molecule has 0 radical (unpaired) electrons. The summed E-state index contributed by atoms with van der Waals surface area (Å²) in [5.74, 6) is -2.09. The highest BCUT2D eigenvalue weighted by molar-refractivity contribution is 6.10. The fourth-order valence-electron chi connectivity index (χ4n) is 4.50. The molecule has 0 atom stereocenters. The Labute approximate surface area is 178 Å². The van der Waals surface area contributed by atoms with Gasteiger partial charge in [-0.1, -0.05) is 19.3 Å². The van der Waals surface area contributed by atoms with Crippen molar-refractivity contribution in [1.29, 1.82) is 0 Å². The second-order valence-electron chi connectivity index (χ2n) is 8.67. The largest absolute Gasteiger partial charge is 0.381 e. The van der Waals surface area contributed by atoms with E-state index in [1.807, 2.05) is 0 Å². The fraction of sp³-hybridized carbons (Fsp3) is 0.360. The van der Waals surface area contributed by atoms with Crippen molar-refractivity contribution in [2.24, 2.45) is 5.92 Å². The van der Waals surface area contributed by atoms with Crippen LogP contribution in [-0.4, -0.2) is 16.8 Å². The molecule has 1 aromatic heterocycles. The van der Waals surface area contributed by atoms with E-state index in [-0.39, 0.29) is 28.9 Å². The highest BCUT2D eigenvalue weighted by Gasteiger charge is 2.33. The van der Waals surface area contributed by atoms with Gasteiger partial charge in [-0.25, -0.2) is 13.2 Å². The molecule has 6 heteroatoms. The van der Waals surface area contributed by atoms with Crippen molar-refractivity contribution in [3.05, 3.63) is 59.5 Å². The van der Waals surface area contributed by atoms with E-state index in [0.29, 0.717) is 22.2 Å². The number of pyridine rings is 1. The van der Waals surface area contributed by atoms with Crippen LogP contribution in [0.2, 0.25) is 0 Å². The van der Waals surface area contributed by atoms with Gasteiger partial charge in [0.2, 0.25) is 0 Å². The summed E-state index contributed by atoms with van der Waals surface area (Å²) in [5.41, 5.74) is 1.77. The summed E-state index contributed by atoms with van der Waals surface area (Å²) in [4.78, 5) is 17.3. The minimum absolute atomic E-state index is 0.0170. The van der Waals surface area contributed by atoms with Crippen molar-refractivity contribution in [2.45, 2.75) is 51.0 Å². The first kappa shape index (κ1) is 20.0. The second kappa shape index (κ2) is 7.98. The normalized spacial score (nSPS) is 17.1. The molecule has 1 N–H and O–H groups in total. The third-order valence-electron chi connectivity index (χ3n) is 6.30. The summed E-state index contributed by atoms with van der Waals surface area (Å²) in [6.45, 7) is 0. The maximum absolute atomic E-state index is 14.9. The third kappa shape index (κ3) is 4.03. The van der Waals surface area contributed by atoms with Crippen LogP contribution >= 0.6 is 0 Å². The van der Waals surface area contributed by atoms with Gasteiger partial charge >= 0.3 is 0 Å². The Morgan fingerprint density at radius 3 is 2.29 bits per heavy atom. The summed E-state index contributed by atoms with van der Waals surface area (Å²) < 4.78 is 42.4. The van der Waals surface area contributed by atoms with Gasteiger partial charge in [-0.05, 0) is 49.4 Å². The number of carbonyl (C=O) groups excluding carboxylic acids is 1. The predicted molar refractivity (Wildman–Crippen MR) is 115 cm³/mol. The van der Waals surface area contributed by atoms with E-state index in [1.54, 1.807) is 6.07 Å². The molecule has 0 saturated heterocycles. The molecule has 1 heterocycles. The van der Waals surface area contributed by atoms with Crippen molar-refractivity contribution in [1.82, 2.24) is 4.98 Å². The minimum Gasteiger partial charge on any atom is -0.381 e. The Hall–Kier alpha value is -2.89. The summed E-state index contributed by atoms with van der Waals surface area (Å²) in [6.07, 6.45) is 8.73. The molecule has 31 heavy (non-hydrogen) atoms. The van der Waals surface area contributed by atoms with Gasteiger partial charge < -0.3 is 5.32 Å². The molecule has 160 valence electrons. The maximum atomic E-state index is 14.9. The first-order chi connectivity index (χ1) is 15.0. The summed E-state index contributed by atoms with van der Waals surface area (Å²) in [6, 6.07) is 6.02. The standard InChI is InChI=1S/C25H23F3N2O/c26-16-8-15(9-17(27)10-16)19-11-20-23(12-22(19)28)29-13-21(25(31)14-6-7-14)24(20)30-18-4-2-1-3-5-18/h8-14,18H,1-7H2,(H,29,30). The number of rotatable bonds is 5. The SMILES string of the molecule is O=C(c1cnc2cc(F)c(-c3cc(F)cc(F)c3)cc2c1NC1CCCCC1)C1CC1. The molecular formula is C25H23F3N2O. The Balaban J connectivity index is 1.68. The average Bonchev–Trinajstić information content (AvgIpc) is 3.58. The van der Waals surface area contributed by atoms with Crippen LogP contribution in [0.25, 0.3) is 22.0 Å². The lowest BCUT2D eigenvalue weighted by Gasteiger charge is -2.26. The number of hydrogen-bond donors (Lipinski definition) is 1. The molecule has 2 aromatic carbocycles. The van der Waals surface area contributed by atoms with Gasteiger partial charge in [-0.2, -0.15) is 0 Å². The van der Waals surface area contributed by atoms with Crippen molar-refractivity contribution in [2.75, 3.05) is 5.32 Å². The minimum atomic E-state index is -0.772. The molecule has 2 saturated carbocycles. The Bertz CT molecular complexity index is 1150. The first-order valence-corrected chi connectivity index (χ1v) is 10.9. The molecule has 3 nitrogen and oxygen atoms in total. The van der Waals surface area contributed by atoms with Gasteiger partial charge in [0, 0.05) is 41.2 Å². The van der Waals surface area contributed by atoms with Crippen molar-refractivity contribution in [3.63, 3.8) is 0 Å². The number of fused-ring (bicyclic) bond motifs is 1. The summed E-state index contributed by atoms with van der Waals surface area (Å²) in [5, 5.41) is 4.14. The van der Waals surface area contributed by atoms with Crippen LogP contribution in [0, 0.1) is 23.4 Å². The predicted octanol–water partition coefficient (Wildman–Crippen LogP) is 6.66. The summed E-state index contributed by atoms with van der Waals surface area (Å²) in [7, 11) is 0. The van der Waals surface area contributed by atoms with Gasteiger partial charge in [-0.3, -0.25) is 9.78 Å². The number of anilines is 1. The number of hydrogen-bond acceptors (Lipinski definition) is 3. The van der Waals surface area contributed by atoms with Crippen LogP contribution in [0.1, 0.15) is 55.3 Å². The van der Waals surface area contributed by atoms with Crippen LogP contribution < -0.4 is 5.32 Å². The van der Waals surface area contributed by atoms with Crippen LogP contribution in [0.15, 0.2) is 36.5 Å². The molecule has 0 aliphatic heterocycles. The van der Waals surface area contributed by atoms with Crippen LogP contribution in [-0.2, 0) is 0 Å². The van der Waals surface area contributed by atoms with Crippen LogP contribution in [0.3, 0.4) is 0 Å². The Morgan fingerprint density at radius 1 is 0.903 bits per heavy atom. The molecule has 0 amide bonds. The topological polar surface area (TPSA) is 42.0 Å². The van der Waals surface area contributed by atoms with Gasteiger partial charge in [0.1, 0.15) is 17.5 Å². The number of carbonyl (C=O) groups is 1. The van der Waals surface area contributed by atoms with Crippen molar-refractivity contribution in [3.8, 4) is 11.1 Å². The number of nitrogens with zero attached hydrogens (tertiary/aromatic N) is 1. The van der Waals surface area contributed by atoms with Gasteiger partial charge in [0.25, 0.3) is 0 Å². The highest BCUT2D eigenvalue weighted by atomic mass is 19.1. The Kier molecular flexibility index (Phi) is 5.16. The monoisotopic (exact) mass is 424 g/mol. The first-order valence-electron chi connectivity index (χ1n) is 10.9. The van der Waals surface area contributed by atoms with Crippen LogP contribution in [0.5, 0.6) is 0 Å². The summed E-state index contributed by atoms with van der Waals surface area (Å²) >= 11 is 0. The lowest BCUT2D eigenvalue weighted by atomic mass is 9.93. The zero-order chi connectivity index (χ0) is 21.5. The molecule has 0 unspecified atom stereocenters. The zero-order valence-corrected chi connectivity index (χ0v) is 17.1. The van der Waals surface area contributed by atoms with E-state index in [1.165, 1.54) is 18.7 Å². The lowest BCUT2D eigenvalue weighted by molar-refractivity contribution is 0.0968. The van der Waals surface area contributed by atoms with Gasteiger partial charge in [0.15, 0.2) is 5.78 Å². The maximum Gasteiger partial charge on any atom is 0.169 e. The van der Waals surface area contributed by atoms with E-state index in [9.17, 15) is 18.0 Å². The van der Waals surface area contributed by atoms with E-state index >= 15 is 0 Å². The second-order valence-corrected chi connectivity index (χ2v) is 8.67. The number of aromatic nitrogens is 1. The van der Waals surface area contributed by atoms with Crippen molar-refractivity contribution >= 4 is 22.4 Å². The molecule has 5 rings (SSSR count). The smallest absolute Gasteiger partial charge is 0.169 e. The van der Waals surface area contributed by atoms with E-state index < -0.39 is 17.5 Å². The van der Waals surface area contributed by atoms with Gasteiger partial charge in [-0.15, -0.1) is 0 Å². The molecule has 0 spiro atoms. The number of Topliss-reactive ketones (excluding diaryl/α,β-unsaturated/α-hetero) is 1. The van der Waals surface area contributed by atoms with E-state index in [4.69, 9.17) is 0 Å². The molecule has 3 aromatic rings. The molecule has 2 fully saturated rings. The fourth-order valence-corrected chi connectivity index (χ4v) is 4.50. The molecular weight excluding hydrogens is 401 g/mol. The lowest BCUT2D eigenvalue weighted by Crippen LogP contribution is -2.24. The highest BCUT2D eigenvalue weighted by Crippen LogP contribution is 2.39. The molecule has 2 aliphatic rings. The number of ketones is 1. The Morgan fingerprint density at radius 2 is 1.61 bits per heavy atom. The molecule has 2 aliphatic carbocycles.